The molecule has 0 N–H and O–H groups in total. The SMILES string of the molecule is CCN(CC(C)C#N)C(=O)OC(C)(C)C. The normalized spacial score (nSPS) is 12.8. The van der Waals surface area contributed by atoms with Crippen molar-refractivity contribution in [1.29, 1.82) is 5.26 Å². The summed E-state index contributed by atoms with van der Waals surface area (Å²) in [5.74, 6) is -0.169. The molecule has 0 saturated heterocycles. The summed E-state index contributed by atoms with van der Waals surface area (Å²) in [5.41, 5.74) is -0.486. The van der Waals surface area contributed by atoms with Gasteiger partial charge in [-0.25, -0.2) is 4.79 Å². The number of hydrogen-bond acceptors (Lipinski definition) is 3. The molecular weight excluding hydrogens is 192 g/mol. The first-order chi connectivity index (χ1) is 6.80. The van der Waals surface area contributed by atoms with Crippen molar-refractivity contribution in [2.75, 3.05) is 13.1 Å². The molecule has 0 fully saturated rings. The van der Waals surface area contributed by atoms with E-state index in [0.29, 0.717) is 13.1 Å². The summed E-state index contributed by atoms with van der Waals surface area (Å²) in [7, 11) is 0. The standard InChI is InChI=1S/C11H20N2O2/c1-6-13(8-9(2)7-12)10(14)15-11(3,4)5/h9H,6,8H2,1-5H3. The molecule has 0 aliphatic carbocycles. The minimum absolute atomic E-state index is 0.169. The van der Waals surface area contributed by atoms with Crippen molar-refractivity contribution in [2.24, 2.45) is 5.92 Å². The van der Waals surface area contributed by atoms with E-state index in [1.54, 1.807) is 11.8 Å². The largest absolute Gasteiger partial charge is 0.444 e. The fourth-order valence-electron chi connectivity index (χ4n) is 1.03. The van der Waals surface area contributed by atoms with Crippen LogP contribution in [0.4, 0.5) is 4.79 Å². The lowest BCUT2D eigenvalue weighted by molar-refractivity contribution is 0.0247. The summed E-state index contributed by atoms with van der Waals surface area (Å²) in [4.78, 5) is 13.2. The van der Waals surface area contributed by atoms with Gasteiger partial charge in [-0.3, -0.25) is 0 Å². The lowest BCUT2D eigenvalue weighted by Gasteiger charge is -2.27. The Hall–Kier alpha value is -1.24. The average molecular weight is 212 g/mol. The molecule has 0 aromatic heterocycles. The highest BCUT2D eigenvalue weighted by atomic mass is 16.6. The number of nitriles is 1. The van der Waals surface area contributed by atoms with Crippen LogP contribution < -0.4 is 0 Å². The quantitative estimate of drug-likeness (QED) is 0.721. The second kappa shape index (κ2) is 5.59. The third kappa shape index (κ3) is 5.95. The maximum Gasteiger partial charge on any atom is 0.410 e. The van der Waals surface area contributed by atoms with Gasteiger partial charge in [0.05, 0.1) is 12.0 Å². The van der Waals surface area contributed by atoms with Gasteiger partial charge in [0.15, 0.2) is 0 Å². The Labute approximate surface area is 91.8 Å². The average Bonchev–Trinajstić information content (AvgIpc) is 2.10. The first-order valence-corrected chi connectivity index (χ1v) is 5.17. The summed E-state index contributed by atoms with van der Waals surface area (Å²) in [5, 5.41) is 8.66. The summed E-state index contributed by atoms with van der Waals surface area (Å²) < 4.78 is 5.21. The smallest absolute Gasteiger partial charge is 0.410 e. The Kier molecular flexibility index (Phi) is 5.13. The third-order valence-corrected chi connectivity index (χ3v) is 1.75. The van der Waals surface area contributed by atoms with Gasteiger partial charge in [0.25, 0.3) is 0 Å². The second-order valence-electron chi connectivity index (χ2n) is 4.55. The van der Waals surface area contributed by atoms with Crippen LogP contribution >= 0.6 is 0 Å². The first kappa shape index (κ1) is 13.8. The van der Waals surface area contributed by atoms with E-state index in [0.717, 1.165) is 0 Å². The molecule has 15 heavy (non-hydrogen) atoms. The van der Waals surface area contributed by atoms with Crippen molar-refractivity contribution >= 4 is 6.09 Å². The zero-order valence-corrected chi connectivity index (χ0v) is 10.2. The van der Waals surface area contributed by atoms with Gasteiger partial charge in [0, 0.05) is 13.1 Å². The highest BCUT2D eigenvalue weighted by Crippen LogP contribution is 2.10. The number of ether oxygens (including phenoxy) is 1. The minimum Gasteiger partial charge on any atom is -0.444 e. The fourth-order valence-corrected chi connectivity index (χ4v) is 1.03. The minimum atomic E-state index is -0.486. The molecule has 0 aliphatic rings. The highest BCUT2D eigenvalue weighted by Gasteiger charge is 2.22. The van der Waals surface area contributed by atoms with Gasteiger partial charge in [-0.15, -0.1) is 0 Å². The molecule has 0 aliphatic heterocycles. The van der Waals surface area contributed by atoms with Gasteiger partial charge in [0.2, 0.25) is 0 Å². The number of amides is 1. The van der Waals surface area contributed by atoms with Gasteiger partial charge in [0.1, 0.15) is 5.60 Å². The lowest BCUT2D eigenvalue weighted by Crippen LogP contribution is -2.38. The first-order valence-electron chi connectivity index (χ1n) is 5.17. The zero-order chi connectivity index (χ0) is 12.1. The molecule has 0 heterocycles. The molecule has 1 unspecified atom stereocenters. The van der Waals surface area contributed by atoms with Crippen LogP contribution in [-0.2, 0) is 4.74 Å². The Morgan fingerprint density at radius 2 is 2.07 bits per heavy atom. The molecule has 0 radical (unpaired) electrons. The van der Waals surface area contributed by atoms with E-state index in [4.69, 9.17) is 10.00 Å². The van der Waals surface area contributed by atoms with Crippen LogP contribution in [0.3, 0.4) is 0 Å². The van der Waals surface area contributed by atoms with E-state index in [1.165, 1.54) is 0 Å². The monoisotopic (exact) mass is 212 g/mol. The summed E-state index contributed by atoms with van der Waals surface area (Å²) >= 11 is 0. The number of carbonyl (C=O) groups is 1. The van der Waals surface area contributed by atoms with Crippen molar-refractivity contribution in [3.8, 4) is 6.07 Å². The third-order valence-electron chi connectivity index (χ3n) is 1.75. The van der Waals surface area contributed by atoms with Gasteiger partial charge >= 0.3 is 6.09 Å². The van der Waals surface area contributed by atoms with E-state index in [2.05, 4.69) is 6.07 Å². The van der Waals surface area contributed by atoms with Crippen LogP contribution in [-0.4, -0.2) is 29.7 Å². The van der Waals surface area contributed by atoms with Crippen LogP contribution in [0, 0.1) is 17.2 Å². The van der Waals surface area contributed by atoms with Gasteiger partial charge < -0.3 is 9.64 Å². The summed E-state index contributed by atoms with van der Waals surface area (Å²) in [6, 6.07) is 2.10. The van der Waals surface area contributed by atoms with Crippen molar-refractivity contribution in [1.82, 2.24) is 4.90 Å². The fraction of sp³-hybridized carbons (Fsp3) is 0.818. The lowest BCUT2D eigenvalue weighted by atomic mass is 10.2. The zero-order valence-electron chi connectivity index (χ0n) is 10.2. The van der Waals surface area contributed by atoms with Crippen LogP contribution in [0.5, 0.6) is 0 Å². The molecule has 0 aromatic rings. The van der Waals surface area contributed by atoms with Gasteiger partial charge in [-0.05, 0) is 34.6 Å². The number of hydrogen-bond donors (Lipinski definition) is 0. The predicted molar refractivity (Wildman–Crippen MR) is 58.3 cm³/mol. The molecule has 1 amide bonds. The van der Waals surface area contributed by atoms with E-state index in [9.17, 15) is 4.79 Å². The maximum atomic E-state index is 11.6. The van der Waals surface area contributed by atoms with E-state index >= 15 is 0 Å². The Morgan fingerprint density at radius 1 is 1.53 bits per heavy atom. The van der Waals surface area contributed by atoms with E-state index < -0.39 is 5.60 Å². The molecule has 0 aromatic carbocycles. The molecule has 0 bridgehead atoms. The maximum absolute atomic E-state index is 11.6. The van der Waals surface area contributed by atoms with Gasteiger partial charge in [-0.2, -0.15) is 5.26 Å². The summed E-state index contributed by atoms with van der Waals surface area (Å²) in [6.07, 6.45) is -0.355. The topological polar surface area (TPSA) is 53.3 Å². The van der Waals surface area contributed by atoms with Crippen molar-refractivity contribution in [2.45, 2.75) is 40.2 Å². The number of nitrogens with zero attached hydrogens (tertiary/aromatic N) is 2. The number of carbonyl (C=O) groups excluding carboxylic acids is 1. The molecule has 0 spiro atoms. The van der Waals surface area contributed by atoms with Crippen molar-refractivity contribution < 1.29 is 9.53 Å². The molecule has 0 rings (SSSR count). The second-order valence-corrected chi connectivity index (χ2v) is 4.55. The van der Waals surface area contributed by atoms with Crippen LogP contribution in [0.2, 0.25) is 0 Å². The van der Waals surface area contributed by atoms with Crippen LogP contribution in [0.15, 0.2) is 0 Å². The van der Waals surface area contributed by atoms with E-state index in [1.807, 2.05) is 27.7 Å². The summed E-state index contributed by atoms with van der Waals surface area (Å²) in [6.45, 7) is 10.1. The van der Waals surface area contributed by atoms with Crippen LogP contribution in [0.25, 0.3) is 0 Å². The molecule has 86 valence electrons. The molecular formula is C11H20N2O2. The molecule has 0 saturated carbocycles. The molecule has 4 heteroatoms. The Bertz CT molecular complexity index is 250. The predicted octanol–water partition coefficient (Wildman–Crippen LogP) is 2.40. The van der Waals surface area contributed by atoms with Gasteiger partial charge in [-0.1, -0.05) is 0 Å². The van der Waals surface area contributed by atoms with Crippen LogP contribution in [0.1, 0.15) is 34.6 Å². The molecule has 4 nitrogen and oxygen atoms in total. The Balaban J connectivity index is 4.30. The highest BCUT2D eigenvalue weighted by molar-refractivity contribution is 5.68. The number of rotatable bonds is 3. The van der Waals surface area contributed by atoms with Crippen molar-refractivity contribution in [3.63, 3.8) is 0 Å². The van der Waals surface area contributed by atoms with Crippen molar-refractivity contribution in [3.05, 3.63) is 0 Å². The molecule has 1 atom stereocenters. The Morgan fingerprint density at radius 3 is 2.40 bits per heavy atom. The van der Waals surface area contributed by atoms with E-state index in [-0.39, 0.29) is 12.0 Å².